The van der Waals surface area contributed by atoms with Gasteiger partial charge in [-0.3, -0.25) is 0 Å². The molecule has 1 aromatic carbocycles. The van der Waals surface area contributed by atoms with Crippen LogP contribution in [0.4, 0.5) is 0 Å². The van der Waals surface area contributed by atoms with E-state index in [9.17, 15) is 0 Å². The molecule has 0 saturated heterocycles. The molecule has 19 heavy (non-hydrogen) atoms. The molecule has 2 N–H and O–H groups in total. The van der Waals surface area contributed by atoms with Gasteiger partial charge in [-0.25, -0.2) is 0 Å². The smallest absolute Gasteiger partial charge is 0.171 e. The van der Waals surface area contributed by atoms with Crippen molar-refractivity contribution in [3.63, 3.8) is 0 Å². The Kier molecular flexibility index (Phi) is 4.87. The molecule has 2 rings (SSSR count). The summed E-state index contributed by atoms with van der Waals surface area (Å²) in [4.78, 5) is 0. The molecule has 2 aromatic rings. The van der Waals surface area contributed by atoms with Crippen LogP contribution in [-0.4, -0.2) is 6.04 Å². The fraction of sp³-hybridized carbons (Fsp3) is 0.333. The summed E-state index contributed by atoms with van der Waals surface area (Å²) in [5, 5.41) is 0. The topological polar surface area (TPSA) is 48.4 Å². The van der Waals surface area contributed by atoms with Gasteiger partial charge in [-0.05, 0) is 72.3 Å². The molecule has 0 radical (unpaired) electrons. The second kappa shape index (κ2) is 6.43. The van der Waals surface area contributed by atoms with Gasteiger partial charge in [0, 0.05) is 9.61 Å². The monoisotopic (exact) mass is 371 g/mol. The van der Waals surface area contributed by atoms with Gasteiger partial charge in [-0.1, -0.05) is 6.92 Å². The third-order valence-electron chi connectivity index (χ3n) is 2.98. The summed E-state index contributed by atoms with van der Waals surface area (Å²) in [6.45, 7) is 3.97. The molecule has 2 atom stereocenters. The largest absolute Gasteiger partial charge is 0.481 e. The molecule has 0 aliphatic heterocycles. The standard InChI is InChI=1S/C15H18INO2/c1-3-13(17)15(14-9-4-10(2)18-14)19-12-7-5-11(16)6-8-12/h4-9,13,15H,3,17H2,1-2H3. The van der Waals surface area contributed by atoms with Crippen LogP contribution in [0.5, 0.6) is 5.75 Å². The Morgan fingerprint density at radius 3 is 2.42 bits per heavy atom. The molecule has 2 unspecified atom stereocenters. The SMILES string of the molecule is CCC(N)C(Oc1ccc(I)cc1)c1ccc(C)o1. The molecule has 0 spiro atoms. The first kappa shape index (κ1) is 14.4. The van der Waals surface area contributed by atoms with E-state index in [0.717, 1.165) is 23.7 Å². The zero-order valence-electron chi connectivity index (χ0n) is 11.1. The lowest BCUT2D eigenvalue weighted by Crippen LogP contribution is -2.31. The summed E-state index contributed by atoms with van der Waals surface area (Å²) in [5.74, 6) is 2.46. The van der Waals surface area contributed by atoms with E-state index in [4.69, 9.17) is 14.9 Å². The van der Waals surface area contributed by atoms with Crippen molar-refractivity contribution in [3.05, 3.63) is 51.5 Å². The lowest BCUT2D eigenvalue weighted by atomic mass is 10.1. The van der Waals surface area contributed by atoms with E-state index < -0.39 is 0 Å². The maximum absolute atomic E-state index is 6.15. The number of rotatable bonds is 5. The quantitative estimate of drug-likeness (QED) is 0.807. The summed E-state index contributed by atoms with van der Waals surface area (Å²) >= 11 is 2.27. The van der Waals surface area contributed by atoms with Crippen molar-refractivity contribution in [2.75, 3.05) is 0 Å². The number of benzene rings is 1. The molecule has 3 nitrogen and oxygen atoms in total. The normalized spacial score (nSPS) is 14.1. The third kappa shape index (κ3) is 3.73. The second-order valence-electron chi connectivity index (χ2n) is 4.51. The van der Waals surface area contributed by atoms with Gasteiger partial charge in [0.25, 0.3) is 0 Å². The first-order valence-corrected chi connectivity index (χ1v) is 7.42. The van der Waals surface area contributed by atoms with Crippen molar-refractivity contribution in [3.8, 4) is 5.75 Å². The molecular weight excluding hydrogens is 353 g/mol. The zero-order valence-corrected chi connectivity index (χ0v) is 13.3. The van der Waals surface area contributed by atoms with E-state index in [2.05, 4.69) is 22.6 Å². The van der Waals surface area contributed by atoms with Crippen LogP contribution < -0.4 is 10.5 Å². The van der Waals surface area contributed by atoms with E-state index in [-0.39, 0.29) is 12.1 Å². The minimum Gasteiger partial charge on any atom is -0.481 e. The highest BCUT2D eigenvalue weighted by Crippen LogP contribution is 2.27. The maximum Gasteiger partial charge on any atom is 0.171 e. The summed E-state index contributed by atoms with van der Waals surface area (Å²) < 4.78 is 12.8. The lowest BCUT2D eigenvalue weighted by Gasteiger charge is -2.22. The van der Waals surface area contributed by atoms with Crippen LogP contribution in [0.15, 0.2) is 40.8 Å². The number of furan rings is 1. The molecule has 1 heterocycles. The Hall–Kier alpha value is -1.01. The van der Waals surface area contributed by atoms with E-state index >= 15 is 0 Å². The van der Waals surface area contributed by atoms with E-state index in [1.807, 2.05) is 50.2 Å². The summed E-state index contributed by atoms with van der Waals surface area (Å²) in [7, 11) is 0. The zero-order chi connectivity index (χ0) is 13.8. The van der Waals surface area contributed by atoms with Crippen molar-refractivity contribution >= 4 is 22.6 Å². The summed E-state index contributed by atoms with van der Waals surface area (Å²) in [6, 6.07) is 11.7. The van der Waals surface area contributed by atoms with Gasteiger partial charge in [0.1, 0.15) is 17.3 Å². The highest BCUT2D eigenvalue weighted by Gasteiger charge is 2.23. The van der Waals surface area contributed by atoms with Crippen LogP contribution in [-0.2, 0) is 0 Å². The predicted octanol–water partition coefficient (Wildman–Crippen LogP) is 4.05. The number of hydrogen-bond acceptors (Lipinski definition) is 3. The average Bonchev–Trinajstić information content (AvgIpc) is 2.83. The number of halogens is 1. The second-order valence-corrected chi connectivity index (χ2v) is 5.76. The van der Waals surface area contributed by atoms with E-state index in [0.29, 0.717) is 0 Å². The van der Waals surface area contributed by atoms with E-state index in [1.54, 1.807) is 0 Å². The van der Waals surface area contributed by atoms with Crippen molar-refractivity contribution in [1.29, 1.82) is 0 Å². The molecule has 0 aliphatic carbocycles. The minimum atomic E-state index is -0.251. The van der Waals surface area contributed by atoms with Crippen molar-refractivity contribution < 1.29 is 9.15 Å². The molecule has 102 valence electrons. The molecular formula is C15H18INO2. The predicted molar refractivity (Wildman–Crippen MR) is 84.2 cm³/mol. The van der Waals surface area contributed by atoms with Gasteiger partial charge in [-0.15, -0.1) is 0 Å². The van der Waals surface area contributed by atoms with Crippen LogP contribution >= 0.6 is 22.6 Å². The summed E-state index contributed by atoms with van der Waals surface area (Å²) in [5.41, 5.74) is 6.15. The Morgan fingerprint density at radius 1 is 1.21 bits per heavy atom. The molecule has 4 heteroatoms. The first-order chi connectivity index (χ1) is 9.10. The lowest BCUT2D eigenvalue weighted by molar-refractivity contribution is 0.143. The first-order valence-electron chi connectivity index (χ1n) is 6.34. The Balaban J connectivity index is 2.21. The van der Waals surface area contributed by atoms with Crippen LogP contribution in [0.1, 0.15) is 31.0 Å². The van der Waals surface area contributed by atoms with Crippen molar-refractivity contribution in [2.24, 2.45) is 5.73 Å². The van der Waals surface area contributed by atoms with Crippen LogP contribution in [0.2, 0.25) is 0 Å². The van der Waals surface area contributed by atoms with E-state index in [1.165, 1.54) is 3.57 Å². The molecule has 0 aliphatic rings. The molecule has 1 aromatic heterocycles. The number of hydrogen-bond donors (Lipinski definition) is 1. The number of nitrogens with two attached hydrogens (primary N) is 1. The fourth-order valence-electron chi connectivity index (χ4n) is 1.84. The van der Waals surface area contributed by atoms with Gasteiger partial charge in [0.15, 0.2) is 6.10 Å². The Morgan fingerprint density at radius 2 is 1.89 bits per heavy atom. The van der Waals surface area contributed by atoms with Gasteiger partial charge >= 0.3 is 0 Å². The van der Waals surface area contributed by atoms with Gasteiger partial charge < -0.3 is 14.9 Å². The Bertz CT molecular complexity index is 521. The van der Waals surface area contributed by atoms with Crippen LogP contribution in [0.3, 0.4) is 0 Å². The molecule has 0 fully saturated rings. The molecule has 0 bridgehead atoms. The van der Waals surface area contributed by atoms with Crippen LogP contribution in [0.25, 0.3) is 0 Å². The minimum absolute atomic E-state index is 0.0928. The third-order valence-corrected chi connectivity index (χ3v) is 3.70. The average molecular weight is 371 g/mol. The number of aryl methyl sites for hydroxylation is 1. The van der Waals surface area contributed by atoms with Gasteiger partial charge in [0.2, 0.25) is 0 Å². The fourth-order valence-corrected chi connectivity index (χ4v) is 2.20. The molecule has 0 saturated carbocycles. The highest BCUT2D eigenvalue weighted by atomic mass is 127. The van der Waals surface area contributed by atoms with Crippen LogP contribution in [0, 0.1) is 10.5 Å². The molecule has 0 amide bonds. The van der Waals surface area contributed by atoms with Gasteiger partial charge in [0.05, 0.1) is 0 Å². The maximum atomic E-state index is 6.15. The highest BCUT2D eigenvalue weighted by molar-refractivity contribution is 14.1. The van der Waals surface area contributed by atoms with Gasteiger partial charge in [-0.2, -0.15) is 0 Å². The Labute approximate surface area is 127 Å². The number of ether oxygens (including phenoxy) is 1. The van der Waals surface area contributed by atoms with Crippen molar-refractivity contribution in [2.45, 2.75) is 32.4 Å². The summed E-state index contributed by atoms with van der Waals surface area (Å²) in [6.07, 6.45) is 0.577. The van der Waals surface area contributed by atoms with Crippen molar-refractivity contribution in [1.82, 2.24) is 0 Å².